The van der Waals surface area contributed by atoms with Gasteiger partial charge in [-0.05, 0) is 24.8 Å². The maximum atomic E-state index is 12.0. The van der Waals surface area contributed by atoms with Gasteiger partial charge >= 0.3 is 0 Å². The third-order valence-electron chi connectivity index (χ3n) is 3.93. The molecule has 0 aliphatic carbocycles. The molecule has 1 saturated heterocycles. The van der Waals surface area contributed by atoms with Gasteiger partial charge in [0, 0.05) is 25.6 Å². The van der Waals surface area contributed by atoms with E-state index in [0.717, 1.165) is 32.4 Å². The van der Waals surface area contributed by atoms with Gasteiger partial charge in [-0.1, -0.05) is 34.1 Å². The molecule has 2 unspecified atom stereocenters. The van der Waals surface area contributed by atoms with Crippen molar-refractivity contribution in [2.24, 2.45) is 11.3 Å². The summed E-state index contributed by atoms with van der Waals surface area (Å²) in [6, 6.07) is 0.447. The first-order chi connectivity index (χ1) is 7.88. The van der Waals surface area contributed by atoms with Crippen LogP contribution in [0.4, 0.5) is 0 Å². The van der Waals surface area contributed by atoms with Crippen LogP contribution in [0, 0.1) is 11.3 Å². The molecule has 0 radical (unpaired) electrons. The van der Waals surface area contributed by atoms with Gasteiger partial charge in [0.05, 0.1) is 0 Å². The molecule has 3 heteroatoms. The number of hydrogen-bond acceptors (Lipinski definition) is 2. The number of amides is 1. The van der Waals surface area contributed by atoms with E-state index in [4.69, 9.17) is 0 Å². The number of hydrogen-bond donors (Lipinski definition) is 1. The van der Waals surface area contributed by atoms with Crippen molar-refractivity contribution in [1.29, 1.82) is 0 Å². The van der Waals surface area contributed by atoms with Crippen LogP contribution in [0.5, 0.6) is 0 Å². The topological polar surface area (TPSA) is 32.3 Å². The SMILES string of the molecule is CCCC(CN1CC(C(C)(C)C)CC1=O)NC. The molecule has 1 N–H and O–H groups in total. The Morgan fingerprint density at radius 1 is 1.47 bits per heavy atom. The Bertz CT molecular complexity index is 257. The summed E-state index contributed by atoms with van der Waals surface area (Å²) in [5.74, 6) is 0.843. The first-order valence-electron chi connectivity index (χ1n) is 6.83. The molecule has 0 saturated carbocycles. The molecule has 17 heavy (non-hydrogen) atoms. The van der Waals surface area contributed by atoms with Crippen molar-refractivity contribution < 1.29 is 4.79 Å². The molecule has 1 rings (SSSR count). The monoisotopic (exact) mass is 240 g/mol. The van der Waals surface area contributed by atoms with Crippen molar-refractivity contribution in [3.8, 4) is 0 Å². The molecule has 0 aromatic carbocycles. The van der Waals surface area contributed by atoms with E-state index in [9.17, 15) is 4.79 Å². The summed E-state index contributed by atoms with van der Waals surface area (Å²) in [5, 5.41) is 3.31. The second-order valence-electron chi connectivity index (χ2n) is 6.34. The minimum atomic E-state index is 0.240. The fourth-order valence-corrected chi connectivity index (χ4v) is 2.47. The van der Waals surface area contributed by atoms with Gasteiger partial charge in [0.25, 0.3) is 0 Å². The van der Waals surface area contributed by atoms with E-state index in [2.05, 4.69) is 33.0 Å². The molecular formula is C14H28N2O. The summed E-state index contributed by atoms with van der Waals surface area (Å²) in [4.78, 5) is 14.0. The van der Waals surface area contributed by atoms with Crippen molar-refractivity contribution in [3.05, 3.63) is 0 Å². The lowest BCUT2D eigenvalue weighted by molar-refractivity contribution is -0.128. The van der Waals surface area contributed by atoms with Crippen LogP contribution in [0.2, 0.25) is 0 Å². The second-order valence-corrected chi connectivity index (χ2v) is 6.34. The molecule has 3 nitrogen and oxygen atoms in total. The number of likely N-dealkylation sites (tertiary alicyclic amines) is 1. The summed E-state index contributed by atoms with van der Waals surface area (Å²) >= 11 is 0. The van der Waals surface area contributed by atoms with Crippen LogP contribution in [-0.2, 0) is 4.79 Å². The highest BCUT2D eigenvalue weighted by Gasteiger charge is 2.37. The van der Waals surface area contributed by atoms with E-state index >= 15 is 0 Å². The normalized spacial score (nSPS) is 23.2. The van der Waals surface area contributed by atoms with Crippen LogP contribution in [0.15, 0.2) is 0 Å². The lowest BCUT2D eigenvalue weighted by Gasteiger charge is -2.28. The van der Waals surface area contributed by atoms with E-state index in [1.54, 1.807) is 0 Å². The van der Waals surface area contributed by atoms with Gasteiger partial charge in [-0.25, -0.2) is 0 Å². The number of likely N-dealkylation sites (N-methyl/N-ethyl adjacent to an activating group) is 1. The predicted octanol–water partition coefficient (Wildman–Crippen LogP) is 2.27. The quantitative estimate of drug-likeness (QED) is 0.799. The molecule has 2 atom stereocenters. The Balaban J connectivity index is 2.53. The van der Waals surface area contributed by atoms with Crippen LogP contribution in [0.3, 0.4) is 0 Å². The Kier molecular flexibility index (Phi) is 4.99. The Morgan fingerprint density at radius 3 is 2.53 bits per heavy atom. The van der Waals surface area contributed by atoms with Gasteiger partial charge < -0.3 is 10.2 Å². The average molecular weight is 240 g/mol. The summed E-state index contributed by atoms with van der Waals surface area (Å²) < 4.78 is 0. The summed E-state index contributed by atoms with van der Waals surface area (Å²) in [7, 11) is 1.99. The molecule has 0 aromatic heterocycles. The zero-order valence-corrected chi connectivity index (χ0v) is 12.0. The first kappa shape index (κ1) is 14.5. The van der Waals surface area contributed by atoms with E-state index in [-0.39, 0.29) is 5.41 Å². The van der Waals surface area contributed by atoms with Crippen LogP contribution in [0.25, 0.3) is 0 Å². The van der Waals surface area contributed by atoms with E-state index < -0.39 is 0 Å². The largest absolute Gasteiger partial charge is 0.341 e. The summed E-state index contributed by atoms with van der Waals surface area (Å²) in [5.41, 5.74) is 0.240. The molecule has 1 heterocycles. The van der Waals surface area contributed by atoms with Crippen molar-refractivity contribution in [2.75, 3.05) is 20.1 Å². The molecule has 0 aromatic rings. The molecule has 0 spiro atoms. The van der Waals surface area contributed by atoms with Crippen LogP contribution < -0.4 is 5.32 Å². The lowest BCUT2D eigenvalue weighted by Crippen LogP contribution is -2.40. The zero-order chi connectivity index (χ0) is 13.1. The Hall–Kier alpha value is -0.570. The highest BCUT2D eigenvalue weighted by molar-refractivity contribution is 5.78. The minimum Gasteiger partial charge on any atom is -0.341 e. The van der Waals surface area contributed by atoms with Crippen molar-refractivity contribution >= 4 is 5.91 Å². The van der Waals surface area contributed by atoms with E-state index in [1.165, 1.54) is 0 Å². The molecular weight excluding hydrogens is 212 g/mol. The lowest BCUT2D eigenvalue weighted by atomic mass is 9.80. The first-order valence-corrected chi connectivity index (χ1v) is 6.83. The van der Waals surface area contributed by atoms with E-state index in [0.29, 0.717) is 17.9 Å². The highest BCUT2D eigenvalue weighted by Crippen LogP contribution is 2.34. The number of nitrogens with one attached hydrogen (secondary N) is 1. The van der Waals surface area contributed by atoms with Gasteiger partial charge in [-0.15, -0.1) is 0 Å². The molecule has 1 aliphatic heterocycles. The fraction of sp³-hybridized carbons (Fsp3) is 0.929. The van der Waals surface area contributed by atoms with Gasteiger partial charge in [0.2, 0.25) is 5.91 Å². The second kappa shape index (κ2) is 5.85. The third-order valence-corrected chi connectivity index (χ3v) is 3.93. The number of carbonyl (C=O) groups is 1. The zero-order valence-electron chi connectivity index (χ0n) is 12.0. The predicted molar refractivity (Wildman–Crippen MR) is 71.9 cm³/mol. The van der Waals surface area contributed by atoms with E-state index in [1.807, 2.05) is 11.9 Å². The smallest absolute Gasteiger partial charge is 0.222 e. The molecule has 1 amide bonds. The number of rotatable bonds is 5. The number of nitrogens with zero attached hydrogens (tertiary/aromatic N) is 1. The summed E-state index contributed by atoms with van der Waals surface area (Å²) in [6.07, 6.45) is 3.03. The van der Waals surface area contributed by atoms with Gasteiger partial charge in [-0.2, -0.15) is 0 Å². The molecule has 0 bridgehead atoms. The Labute approximate surface area is 106 Å². The minimum absolute atomic E-state index is 0.240. The third kappa shape index (κ3) is 3.98. The molecule has 100 valence electrons. The van der Waals surface area contributed by atoms with Crippen molar-refractivity contribution in [3.63, 3.8) is 0 Å². The molecule has 1 fully saturated rings. The van der Waals surface area contributed by atoms with Gasteiger partial charge in [0.1, 0.15) is 0 Å². The Morgan fingerprint density at radius 2 is 2.12 bits per heavy atom. The average Bonchev–Trinajstić information content (AvgIpc) is 2.59. The maximum Gasteiger partial charge on any atom is 0.222 e. The van der Waals surface area contributed by atoms with Crippen LogP contribution >= 0.6 is 0 Å². The summed E-state index contributed by atoms with van der Waals surface area (Å²) in [6.45, 7) is 10.7. The van der Waals surface area contributed by atoms with Gasteiger partial charge in [0.15, 0.2) is 0 Å². The standard InChI is InChI=1S/C14H28N2O/c1-6-7-12(15-5)10-16-9-11(8-13(16)17)14(2,3)4/h11-12,15H,6-10H2,1-5H3. The number of carbonyl (C=O) groups excluding carboxylic acids is 1. The molecule has 1 aliphatic rings. The fourth-order valence-electron chi connectivity index (χ4n) is 2.47. The van der Waals surface area contributed by atoms with Crippen molar-refractivity contribution in [1.82, 2.24) is 10.2 Å². The van der Waals surface area contributed by atoms with Crippen LogP contribution in [-0.4, -0.2) is 37.0 Å². The maximum absolute atomic E-state index is 12.0. The van der Waals surface area contributed by atoms with Crippen LogP contribution in [0.1, 0.15) is 47.0 Å². The highest BCUT2D eigenvalue weighted by atomic mass is 16.2. The van der Waals surface area contributed by atoms with Gasteiger partial charge in [-0.3, -0.25) is 4.79 Å². The van der Waals surface area contributed by atoms with Crippen molar-refractivity contribution in [2.45, 2.75) is 53.0 Å².